The molecule has 1 N–H and O–H groups in total. The topological polar surface area (TPSA) is 32.3 Å². The first kappa shape index (κ1) is 16.9. The van der Waals surface area contributed by atoms with Crippen molar-refractivity contribution >= 4 is 23.2 Å². The Bertz CT molecular complexity index is 746. The van der Waals surface area contributed by atoms with Gasteiger partial charge in [-0.1, -0.05) is 35.9 Å². The number of nitrogens with zero attached hydrogens (tertiary/aromatic N) is 1. The number of hydrogen-bond donors (Lipinski definition) is 1. The molecule has 2 aromatic rings. The number of halogens is 2. The zero-order valence-electron chi connectivity index (χ0n) is 13.6. The molecule has 5 heteroatoms. The van der Waals surface area contributed by atoms with Crippen molar-refractivity contribution in [2.45, 2.75) is 32.4 Å². The van der Waals surface area contributed by atoms with Crippen molar-refractivity contribution in [2.75, 3.05) is 11.9 Å². The predicted octanol–water partition coefficient (Wildman–Crippen LogP) is 4.39. The summed E-state index contributed by atoms with van der Waals surface area (Å²) < 4.78 is 13.9. The molecular weight excluding hydrogens is 327 g/mol. The molecule has 1 saturated carbocycles. The van der Waals surface area contributed by atoms with E-state index in [4.69, 9.17) is 11.6 Å². The number of carbonyl (C=O) groups is 1. The van der Waals surface area contributed by atoms with Gasteiger partial charge < -0.3 is 5.32 Å². The molecule has 2 aromatic carbocycles. The van der Waals surface area contributed by atoms with E-state index in [2.05, 4.69) is 5.32 Å². The smallest absolute Gasteiger partial charge is 0.238 e. The maximum Gasteiger partial charge on any atom is 0.238 e. The number of amides is 1. The van der Waals surface area contributed by atoms with Crippen LogP contribution in [0, 0.1) is 12.7 Å². The summed E-state index contributed by atoms with van der Waals surface area (Å²) in [6, 6.07) is 12.5. The number of aryl methyl sites for hydroxylation is 1. The predicted molar refractivity (Wildman–Crippen MR) is 94.7 cm³/mol. The molecule has 24 heavy (non-hydrogen) atoms. The number of hydrogen-bond acceptors (Lipinski definition) is 2. The highest BCUT2D eigenvalue weighted by Crippen LogP contribution is 2.28. The van der Waals surface area contributed by atoms with Crippen molar-refractivity contribution in [3.05, 3.63) is 64.4 Å². The van der Waals surface area contributed by atoms with Crippen LogP contribution < -0.4 is 5.32 Å². The van der Waals surface area contributed by atoms with E-state index < -0.39 is 0 Å². The van der Waals surface area contributed by atoms with Crippen molar-refractivity contribution in [2.24, 2.45) is 0 Å². The van der Waals surface area contributed by atoms with Gasteiger partial charge >= 0.3 is 0 Å². The highest BCUT2D eigenvalue weighted by molar-refractivity contribution is 6.31. The molecule has 3 rings (SSSR count). The Kier molecular flexibility index (Phi) is 5.17. The van der Waals surface area contributed by atoms with Gasteiger partial charge in [-0.2, -0.15) is 0 Å². The van der Waals surface area contributed by atoms with E-state index in [-0.39, 0.29) is 18.3 Å². The number of rotatable bonds is 6. The Hall–Kier alpha value is -1.91. The molecule has 0 spiro atoms. The summed E-state index contributed by atoms with van der Waals surface area (Å²) >= 11 is 6.08. The van der Waals surface area contributed by atoms with Crippen molar-refractivity contribution in [3.63, 3.8) is 0 Å². The first-order valence-corrected chi connectivity index (χ1v) is 8.44. The van der Waals surface area contributed by atoms with Gasteiger partial charge in [0.25, 0.3) is 0 Å². The summed E-state index contributed by atoms with van der Waals surface area (Å²) in [5.41, 5.74) is 2.27. The van der Waals surface area contributed by atoms with Crippen LogP contribution in [0.1, 0.15) is 24.0 Å². The monoisotopic (exact) mass is 346 g/mol. The molecule has 1 fully saturated rings. The van der Waals surface area contributed by atoms with Crippen LogP contribution in [0.3, 0.4) is 0 Å². The van der Waals surface area contributed by atoms with Gasteiger partial charge in [-0.25, -0.2) is 4.39 Å². The van der Waals surface area contributed by atoms with Gasteiger partial charge in [-0.05, 0) is 43.5 Å². The second kappa shape index (κ2) is 7.32. The van der Waals surface area contributed by atoms with E-state index in [0.717, 1.165) is 18.4 Å². The van der Waals surface area contributed by atoms with E-state index in [1.165, 1.54) is 6.07 Å². The Balaban J connectivity index is 1.64. The largest absolute Gasteiger partial charge is 0.325 e. The van der Waals surface area contributed by atoms with Crippen LogP contribution in [0.15, 0.2) is 42.5 Å². The molecule has 0 heterocycles. The van der Waals surface area contributed by atoms with Gasteiger partial charge in [0.15, 0.2) is 0 Å². The first-order valence-electron chi connectivity index (χ1n) is 8.06. The lowest BCUT2D eigenvalue weighted by Gasteiger charge is -2.21. The molecule has 0 bridgehead atoms. The zero-order valence-corrected chi connectivity index (χ0v) is 14.3. The van der Waals surface area contributed by atoms with Crippen molar-refractivity contribution in [1.82, 2.24) is 4.90 Å². The number of nitrogens with one attached hydrogen (secondary N) is 1. The number of carbonyl (C=O) groups excluding carboxylic acids is 1. The lowest BCUT2D eigenvalue weighted by Crippen LogP contribution is -2.34. The second-order valence-electron chi connectivity index (χ2n) is 6.24. The number of benzene rings is 2. The van der Waals surface area contributed by atoms with E-state index in [1.807, 2.05) is 30.0 Å². The third kappa shape index (κ3) is 4.34. The molecular formula is C19H20ClFN2O. The maximum atomic E-state index is 13.9. The quantitative estimate of drug-likeness (QED) is 0.841. The van der Waals surface area contributed by atoms with Crippen molar-refractivity contribution < 1.29 is 9.18 Å². The van der Waals surface area contributed by atoms with Crippen LogP contribution in [0.25, 0.3) is 0 Å². The van der Waals surface area contributed by atoms with Gasteiger partial charge in [-0.3, -0.25) is 9.69 Å². The lowest BCUT2D eigenvalue weighted by atomic mass is 10.2. The molecule has 1 amide bonds. The maximum absolute atomic E-state index is 13.9. The summed E-state index contributed by atoms with van der Waals surface area (Å²) in [4.78, 5) is 14.4. The minimum atomic E-state index is -0.228. The highest BCUT2D eigenvalue weighted by Gasteiger charge is 2.30. The van der Waals surface area contributed by atoms with Gasteiger partial charge in [0.1, 0.15) is 5.82 Å². The Labute approximate surface area is 146 Å². The molecule has 0 radical (unpaired) electrons. The summed E-state index contributed by atoms with van der Waals surface area (Å²) in [5.74, 6) is -0.341. The molecule has 126 valence electrons. The molecule has 1 aliphatic carbocycles. The van der Waals surface area contributed by atoms with E-state index in [0.29, 0.717) is 28.9 Å². The summed E-state index contributed by atoms with van der Waals surface area (Å²) in [5, 5.41) is 3.49. The lowest BCUT2D eigenvalue weighted by molar-refractivity contribution is -0.117. The average molecular weight is 347 g/mol. The number of anilines is 1. The fraction of sp³-hybridized carbons (Fsp3) is 0.316. The normalized spacial score (nSPS) is 14.0. The molecule has 3 nitrogen and oxygen atoms in total. The summed E-state index contributed by atoms with van der Waals surface area (Å²) in [6.07, 6.45) is 2.11. The molecule has 0 aliphatic heterocycles. The second-order valence-corrected chi connectivity index (χ2v) is 6.65. The van der Waals surface area contributed by atoms with Crippen LogP contribution in [-0.4, -0.2) is 23.4 Å². The SMILES string of the molecule is Cc1ccc(NC(=O)CN(Cc2ccccc2F)C2CC2)cc1Cl. The Morgan fingerprint density at radius 3 is 2.71 bits per heavy atom. The minimum Gasteiger partial charge on any atom is -0.325 e. The summed E-state index contributed by atoms with van der Waals surface area (Å²) in [7, 11) is 0. The molecule has 1 aliphatic rings. The van der Waals surface area contributed by atoms with Gasteiger partial charge in [0.2, 0.25) is 5.91 Å². The molecule has 0 unspecified atom stereocenters. The van der Waals surface area contributed by atoms with E-state index in [1.54, 1.807) is 18.2 Å². The van der Waals surface area contributed by atoms with Crippen LogP contribution in [0.4, 0.5) is 10.1 Å². The third-order valence-corrected chi connectivity index (χ3v) is 4.60. The summed E-state index contributed by atoms with van der Waals surface area (Å²) in [6.45, 7) is 2.60. The Morgan fingerprint density at radius 1 is 1.29 bits per heavy atom. The van der Waals surface area contributed by atoms with Crippen molar-refractivity contribution in [1.29, 1.82) is 0 Å². The zero-order chi connectivity index (χ0) is 17.1. The van der Waals surface area contributed by atoms with Gasteiger partial charge in [0, 0.05) is 28.9 Å². The molecule has 0 saturated heterocycles. The standard InChI is InChI=1S/C19H20ClFN2O/c1-13-6-7-15(10-17(13)20)22-19(24)12-23(16-8-9-16)11-14-4-2-3-5-18(14)21/h2-7,10,16H,8-9,11-12H2,1H3,(H,22,24). The van der Waals surface area contributed by atoms with Crippen LogP contribution >= 0.6 is 11.6 Å². The van der Waals surface area contributed by atoms with Gasteiger partial charge in [-0.15, -0.1) is 0 Å². The first-order chi connectivity index (χ1) is 11.5. The van der Waals surface area contributed by atoms with Crippen LogP contribution in [0.5, 0.6) is 0 Å². The van der Waals surface area contributed by atoms with E-state index in [9.17, 15) is 9.18 Å². The molecule has 0 atom stereocenters. The minimum absolute atomic E-state index is 0.113. The van der Waals surface area contributed by atoms with Gasteiger partial charge in [0.05, 0.1) is 6.54 Å². The van der Waals surface area contributed by atoms with Crippen molar-refractivity contribution in [3.8, 4) is 0 Å². The third-order valence-electron chi connectivity index (χ3n) is 4.20. The highest BCUT2D eigenvalue weighted by atomic mass is 35.5. The fourth-order valence-electron chi connectivity index (χ4n) is 2.65. The fourth-order valence-corrected chi connectivity index (χ4v) is 2.84. The van der Waals surface area contributed by atoms with Crippen LogP contribution in [0.2, 0.25) is 5.02 Å². The Morgan fingerprint density at radius 2 is 2.04 bits per heavy atom. The molecule has 0 aromatic heterocycles. The average Bonchev–Trinajstić information content (AvgIpc) is 3.37. The van der Waals surface area contributed by atoms with Crippen LogP contribution in [-0.2, 0) is 11.3 Å². The van der Waals surface area contributed by atoms with E-state index >= 15 is 0 Å².